The monoisotopic (exact) mass is 612 g/mol. The number of rotatable bonds is 7. The Balaban J connectivity index is 1.42. The molecule has 0 aliphatic rings. The highest BCUT2D eigenvalue weighted by atomic mass is 127. The van der Waals surface area contributed by atoms with E-state index >= 15 is 0 Å². The lowest BCUT2D eigenvalue weighted by Gasteiger charge is -2.16. The minimum absolute atomic E-state index is 0.271. The average Bonchev–Trinajstić information content (AvgIpc) is 3.58. The minimum Gasteiger partial charge on any atom is -0.496 e. The van der Waals surface area contributed by atoms with Gasteiger partial charge in [0.05, 0.1) is 45.6 Å². The molecule has 9 nitrogen and oxygen atoms in total. The maximum absolute atomic E-state index is 13.3. The average molecular weight is 612 g/mol. The summed E-state index contributed by atoms with van der Waals surface area (Å²) in [7, 11) is 3.17. The Morgan fingerprint density at radius 1 is 1.11 bits per heavy atom. The van der Waals surface area contributed by atoms with E-state index < -0.39 is 0 Å². The van der Waals surface area contributed by atoms with Crippen molar-refractivity contribution in [3.63, 3.8) is 0 Å². The molecule has 2 N–H and O–H groups in total. The number of ether oxygens (including phenoxy) is 2. The molecule has 0 aliphatic carbocycles. The number of nitrogens with zero attached hydrogens (tertiary/aromatic N) is 4. The topological polar surface area (TPSA) is 103 Å². The number of imidazole rings is 1. The lowest BCUT2D eigenvalue weighted by Crippen LogP contribution is -2.14. The molecule has 0 spiro atoms. The van der Waals surface area contributed by atoms with Crippen LogP contribution >= 0.6 is 33.9 Å². The normalized spacial score (nSPS) is 10.9. The van der Waals surface area contributed by atoms with Gasteiger partial charge in [0.25, 0.3) is 5.91 Å². The van der Waals surface area contributed by atoms with Crippen molar-refractivity contribution in [1.29, 1.82) is 0 Å². The van der Waals surface area contributed by atoms with E-state index in [-0.39, 0.29) is 5.91 Å². The van der Waals surface area contributed by atoms with Gasteiger partial charge in [-0.3, -0.25) is 4.79 Å². The van der Waals surface area contributed by atoms with Gasteiger partial charge in [0.15, 0.2) is 5.82 Å². The standard InChI is InChI=1S/C25H21IN6O3S/c1-14-18(34-2)10-19(35-3)20(26)21(14)31-25(33)17-11-36-23-22(17)28-12-29-24(23)30-15-4-6-16(7-5-15)32-9-8-27-13-32/h4-13H,1-3H3,(H,31,33)(H,28,29,30). The summed E-state index contributed by atoms with van der Waals surface area (Å²) in [6.07, 6.45) is 6.83. The maximum Gasteiger partial charge on any atom is 0.258 e. The number of amides is 1. The highest BCUT2D eigenvalue weighted by Gasteiger charge is 2.21. The smallest absolute Gasteiger partial charge is 0.258 e. The SMILES string of the molecule is COc1cc(OC)c(I)c(NC(=O)c2csc3c(Nc4ccc(-n5ccnc5)cc4)ncnc23)c1C. The van der Waals surface area contributed by atoms with E-state index in [9.17, 15) is 4.79 Å². The molecule has 0 saturated heterocycles. The molecule has 5 aromatic rings. The number of carbonyl (C=O) groups excluding carboxylic acids is 1. The molecule has 0 saturated carbocycles. The number of benzene rings is 2. The first-order valence-electron chi connectivity index (χ1n) is 10.8. The fourth-order valence-corrected chi connectivity index (χ4v) is 5.62. The minimum atomic E-state index is -0.271. The van der Waals surface area contributed by atoms with E-state index in [1.807, 2.05) is 42.0 Å². The number of anilines is 3. The van der Waals surface area contributed by atoms with Crippen LogP contribution in [0.2, 0.25) is 0 Å². The van der Waals surface area contributed by atoms with Crippen LogP contribution < -0.4 is 20.1 Å². The van der Waals surface area contributed by atoms with Gasteiger partial charge in [-0.25, -0.2) is 15.0 Å². The molecule has 1 amide bonds. The van der Waals surface area contributed by atoms with E-state index in [0.29, 0.717) is 34.1 Å². The second-order valence-corrected chi connectivity index (χ2v) is 9.70. The molecule has 36 heavy (non-hydrogen) atoms. The van der Waals surface area contributed by atoms with E-state index in [4.69, 9.17) is 9.47 Å². The molecular weight excluding hydrogens is 591 g/mol. The van der Waals surface area contributed by atoms with Crippen LogP contribution in [-0.4, -0.2) is 39.6 Å². The zero-order chi connectivity index (χ0) is 25.2. The Hall–Kier alpha value is -3.71. The Labute approximate surface area is 224 Å². The second-order valence-electron chi connectivity index (χ2n) is 7.74. The van der Waals surface area contributed by atoms with Crippen LogP contribution in [0.1, 0.15) is 15.9 Å². The van der Waals surface area contributed by atoms with Crippen LogP contribution in [0.25, 0.3) is 15.9 Å². The van der Waals surface area contributed by atoms with Crippen LogP contribution in [0.5, 0.6) is 11.5 Å². The summed E-state index contributed by atoms with van der Waals surface area (Å²) in [5, 5.41) is 8.15. The van der Waals surface area contributed by atoms with Gasteiger partial charge in [-0.2, -0.15) is 0 Å². The van der Waals surface area contributed by atoms with Gasteiger partial charge in [-0.15, -0.1) is 11.3 Å². The third-order valence-electron chi connectivity index (χ3n) is 5.65. The third kappa shape index (κ3) is 4.46. The van der Waals surface area contributed by atoms with E-state index in [1.165, 1.54) is 17.7 Å². The van der Waals surface area contributed by atoms with Gasteiger partial charge in [-0.05, 0) is 53.8 Å². The molecule has 0 aliphatic heterocycles. The van der Waals surface area contributed by atoms with Gasteiger partial charge in [0, 0.05) is 40.8 Å². The number of hydrogen-bond acceptors (Lipinski definition) is 8. The molecule has 5 rings (SSSR count). The lowest BCUT2D eigenvalue weighted by molar-refractivity contribution is 0.102. The number of nitrogens with one attached hydrogen (secondary N) is 2. The lowest BCUT2D eigenvalue weighted by atomic mass is 10.1. The van der Waals surface area contributed by atoms with Crippen molar-refractivity contribution >= 4 is 67.2 Å². The van der Waals surface area contributed by atoms with Crippen molar-refractivity contribution in [2.45, 2.75) is 6.92 Å². The van der Waals surface area contributed by atoms with Crippen molar-refractivity contribution < 1.29 is 14.3 Å². The van der Waals surface area contributed by atoms with Crippen LogP contribution in [0.4, 0.5) is 17.2 Å². The van der Waals surface area contributed by atoms with Crippen LogP contribution in [0.3, 0.4) is 0 Å². The fourth-order valence-electron chi connectivity index (χ4n) is 3.76. The molecule has 0 unspecified atom stereocenters. The van der Waals surface area contributed by atoms with E-state index in [2.05, 4.69) is 48.2 Å². The summed E-state index contributed by atoms with van der Waals surface area (Å²) in [5.41, 5.74) is 4.36. The summed E-state index contributed by atoms with van der Waals surface area (Å²) in [4.78, 5) is 26.2. The van der Waals surface area contributed by atoms with Crippen molar-refractivity contribution in [2.75, 3.05) is 24.9 Å². The number of carbonyl (C=O) groups is 1. The second kappa shape index (κ2) is 10.1. The predicted octanol–water partition coefficient (Wildman–Crippen LogP) is 5.80. The Morgan fingerprint density at radius 2 is 1.89 bits per heavy atom. The maximum atomic E-state index is 13.3. The Kier molecular flexibility index (Phi) is 6.74. The quantitative estimate of drug-likeness (QED) is 0.224. The molecule has 0 bridgehead atoms. The molecular formula is C25H21IN6O3S. The zero-order valence-corrected chi connectivity index (χ0v) is 22.5. The summed E-state index contributed by atoms with van der Waals surface area (Å²) in [5.74, 6) is 1.61. The first-order valence-corrected chi connectivity index (χ1v) is 12.8. The fraction of sp³-hybridized carbons (Fsp3) is 0.120. The van der Waals surface area contributed by atoms with Crippen LogP contribution in [-0.2, 0) is 0 Å². The summed E-state index contributed by atoms with van der Waals surface area (Å²) in [6.45, 7) is 1.89. The largest absolute Gasteiger partial charge is 0.496 e. The van der Waals surface area contributed by atoms with Gasteiger partial charge in [-0.1, -0.05) is 0 Å². The molecule has 0 fully saturated rings. The van der Waals surface area contributed by atoms with Gasteiger partial charge >= 0.3 is 0 Å². The first-order chi connectivity index (χ1) is 17.5. The Morgan fingerprint density at radius 3 is 2.58 bits per heavy atom. The highest BCUT2D eigenvalue weighted by Crippen LogP contribution is 2.39. The molecule has 3 heterocycles. The number of thiophene rings is 1. The molecule has 2 aromatic carbocycles. The first kappa shape index (κ1) is 24.0. The van der Waals surface area contributed by atoms with E-state index in [1.54, 1.807) is 38.2 Å². The number of halogens is 1. The van der Waals surface area contributed by atoms with Gasteiger partial charge in [0.2, 0.25) is 0 Å². The summed E-state index contributed by atoms with van der Waals surface area (Å²) < 4.78 is 14.4. The third-order valence-corrected chi connectivity index (χ3v) is 7.70. The van der Waals surface area contributed by atoms with Crippen molar-refractivity contribution in [1.82, 2.24) is 19.5 Å². The van der Waals surface area contributed by atoms with Crippen LogP contribution in [0, 0.1) is 10.5 Å². The molecule has 0 radical (unpaired) electrons. The molecule has 0 atom stereocenters. The van der Waals surface area contributed by atoms with Crippen molar-refractivity contribution in [3.05, 3.63) is 75.5 Å². The van der Waals surface area contributed by atoms with Crippen molar-refractivity contribution in [3.8, 4) is 17.2 Å². The number of fused-ring (bicyclic) bond motifs is 1. The molecule has 11 heteroatoms. The molecule has 3 aromatic heterocycles. The predicted molar refractivity (Wildman–Crippen MR) is 149 cm³/mol. The zero-order valence-electron chi connectivity index (χ0n) is 19.6. The van der Waals surface area contributed by atoms with Crippen molar-refractivity contribution in [2.24, 2.45) is 0 Å². The number of aromatic nitrogens is 4. The number of methoxy groups -OCH3 is 2. The summed E-state index contributed by atoms with van der Waals surface area (Å²) in [6, 6.07) is 9.71. The Bertz CT molecular complexity index is 1520. The van der Waals surface area contributed by atoms with Gasteiger partial charge < -0.3 is 24.7 Å². The summed E-state index contributed by atoms with van der Waals surface area (Å²) >= 11 is 3.57. The van der Waals surface area contributed by atoms with Crippen LogP contribution in [0.15, 0.2) is 60.8 Å². The highest BCUT2D eigenvalue weighted by molar-refractivity contribution is 14.1. The number of hydrogen-bond donors (Lipinski definition) is 2. The molecule has 182 valence electrons. The van der Waals surface area contributed by atoms with E-state index in [0.717, 1.165) is 25.2 Å². The van der Waals surface area contributed by atoms with Gasteiger partial charge in [0.1, 0.15) is 17.8 Å².